The molecule has 0 bridgehead atoms. The van der Waals surface area contributed by atoms with Gasteiger partial charge in [-0.15, -0.1) is 0 Å². The Hall–Kier alpha value is -2.37. The zero-order chi connectivity index (χ0) is 20.8. The molecule has 0 N–H and O–H groups in total. The fraction of sp³-hybridized carbons (Fsp3) is 0.458. The number of ether oxygens (including phenoxy) is 1. The molecule has 1 fully saturated rings. The van der Waals surface area contributed by atoms with E-state index in [1.807, 2.05) is 18.0 Å². The molecule has 29 heavy (non-hydrogen) atoms. The third-order valence-electron chi connectivity index (χ3n) is 5.56. The number of piperazine rings is 1. The number of hydrogen-bond donors (Lipinski definition) is 0. The van der Waals surface area contributed by atoms with Crippen LogP contribution < -0.4 is 4.74 Å². The van der Waals surface area contributed by atoms with Crippen molar-refractivity contribution < 1.29 is 9.53 Å². The van der Waals surface area contributed by atoms with E-state index >= 15 is 0 Å². The van der Waals surface area contributed by atoms with Gasteiger partial charge in [0.15, 0.2) is 0 Å². The van der Waals surface area contributed by atoms with Crippen molar-refractivity contribution in [1.29, 1.82) is 0 Å². The molecule has 5 nitrogen and oxygen atoms in total. The highest BCUT2D eigenvalue weighted by Gasteiger charge is 2.22. The molecule has 0 aromatic heterocycles. The number of likely N-dealkylation sites (N-methyl/N-ethyl adjacent to an activating group) is 1. The summed E-state index contributed by atoms with van der Waals surface area (Å²) in [5.41, 5.74) is 4.81. The number of aryl methyl sites for hydroxylation is 2. The second-order valence-electron chi connectivity index (χ2n) is 8.08. The maximum Gasteiger partial charge on any atom is 0.236 e. The molecule has 0 unspecified atom stereocenters. The van der Waals surface area contributed by atoms with Crippen molar-refractivity contribution in [1.82, 2.24) is 14.7 Å². The minimum atomic E-state index is 0.216. The van der Waals surface area contributed by atoms with Gasteiger partial charge in [0.25, 0.3) is 0 Å². The summed E-state index contributed by atoms with van der Waals surface area (Å²) in [4.78, 5) is 19.3. The monoisotopic (exact) mass is 395 g/mol. The van der Waals surface area contributed by atoms with Crippen molar-refractivity contribution in [2.45, 2.75) is 26.9 Å². The van der Waals surface area contributed by atoms with Crippen LogP contribution in [0.2, 0.25) is 0 Å². The first-order chi connectivity index (χ1) is 14.0. The summed E-state index contributed by atoms with van der Waals surface area (Å²) in [6, 6.07) is 14.8. The molecule has 3 rings (SSSR count). The van der Waals surface area contributed by atoms with Crippen LogP contribution in [0.1, 0.15) is 22.3 Å². The Morgan fingerprint density at radius 1 is 1.00 bits per heavy atom. The summed E-state index contributed by atoms with van der Waals surface area (Å²) < 4.78 is 5.45. The zero-order valence-electron chi connectivity index (χ0n) is 18.1. The fourth-order valence-corrected chi connectivity index (χ4v) is 4.15. The molecule has 1 amide bonds. The molecule has 5 heteroatoms. The maximum absolute atomic E-state index is 12.7. The second-order valence-corrected chi connectivity index (χ2v) is 8.08. The molecule has 1 aliphatic rings. The first-order valence-electron chi connectivity index (χ1n) is 10.3. The van der Waals surface area contributed by atoms with E-state index in [2.05, 4.69) is 60.0 Å². The van der Waals surface area contributed by atoms with Crippen LogP contribution in [-0.2, 0) is 17.9 Å². The van der Waals surface area contributed by atoms with Crippen molar-refractivity contribution in [2.75, 3.05) is 46.9 Å². The largest absolute Gasteiger partial charge is 0.496 e. The standard InChI is InChI=1S/C24H33N3O2/c1-19-14-22(15-20(2)24(19)29-4)16-25(3)18-23(28)27-12-10-26(11-13-27)17-21-8-6-5-7-9-21/h5-9,14-15H,10-13,16-18H2,1-4H3. The van der Waals surface area contributed by atoms with Gasteiger partial charge < -0.3 is 9.64 Å². The Kier molecular flexibility index (Phi) is 7.29. The maximum atomic E-state index is 12.7. The second kappa shape index (κ2) is 9.90. The lowest BCUT2D eigenvalue weighted by Crippen LogP contribution is -2.50. The average molecular weight is 396 g/mol. The smallest absolute Gasteiger partial charge is 0.236 e. The number of methoxy groups -OCH3 is 1. The number of hydrogen-bond acceptors (Lipinski definition) is 4. The minimum absolute atomic E-state index is 0.216. The average Bonchev–Trinajstić information content (AvgIpc) is 2.69. The van der Waals surface area contributed by atoms with Crippen molar-refractivity contribution >= 4 is 5.91 Å². The number of amides is 1. The topological polar surface area (TPSA) is 36.0 Å². The van der Waals surface area contributed by atoms with Crippen molar-refractivity contribution in [3.8, 4) is 5.75 Å². The van der Waals surface area contributed by atoms with E-state index in [1.165, 1.54) is 11.1 Å². The number of carbonyl (C=O) groups excluding carboxylic acids is 1. The van der Waals surface area contributed by atoms with E-state index in [-0.39, 0.29) is 5.91 Å². The summed E-state index contributed by atoms with van der Waals surface area (Å²) in [5.74, 6) is 1.16. The van der Waals surface area contributed by atoms with Crippen LogP contribution in [0, 0.1) is 13.8 Å². The number of rotatable bonds is 7. The highest BCUT2D eigenvalue weighted by atomic mass is 16.5. The lowest BCUT2D eigenvalue weighted by atomic mass is 10.1. The highest BCUT2D eigenvalue weighted by Crippen LogP contribution is 2.24. The first-order valence-corrected chi connectivity index (χ1v) is 10.3. The quantitative estimate of drug-likeness (QED) is 0.722. The Balaban J connectivity index is 1.47. The molecule has 1 heterocycles. The summed E-state index contributed by atoms with van der Waals surface area (Å²) in [7, 11) is 3.72. The van der Waals surface area contributed by atoms with Gasteiger partial charge in [0.2, 0.25) is 5.91 Å². The molecule has 1 saturated heterocycles. The van der Waals surface area contributed by atoms with Crippen LogP contribution in [0.15, 0.2) is 42.5 Å². The zero-order valence-corrected chi connectivity index (χ0v) is 18.1. The Bertz CT molecular complexity index is 791. The Labute approximate surface area is 174 Å². The van der Waals surface area contributed by atoms with Crippen LogP contribution in [0.4, 0.5) is 0 Å². The summed E-state index contributed by atoms with van der Waals surface area (Å²) in [6.07, 6.45) is 0. The van der Waals surface area contributed by atoms with E-state index in [1.54, 1.807) is 7.11 Å². The minimum Gasteiger partial charge on any atom is -0.496 e. The summed E-state index contributed by atoms with van der Waals surface area (Å²) >= 11 is 0. The Morgan fingerprint density at radius 3 is 2.21 bits per heavy atom. The normalized spacial score (nSPS) is 15.0. The van der Waals surface area contributed by atoms with Crippen LogP contribution in [-0.4, -0.2) is 67.5 Å². The van der Waals surface area contributed by atoms with Gasteiger partial charge in [-0.25, -0.2) is 0 Å². The van der Waals surface area contributed by atoms with E-state index in [9.17, 15) is 4.79 Å². The first kappa shape index (κ1) is 21.3. The lowest BCUT2D eigenvalue weighted by Gasteiger charge is -2.35. The van der Waals surface area contributed by atoms with Crippen molar-refractivity contribution in [3.63, 3.8) is 0 Å². The van der Waals surface area contributed by atoms with Crippen LogP contribution >= 0.6 is 0 Å². The van der Waals surface area contributed by atoms with Crippen LogP contribution in [0.3, 0.4) is 0 Å². The van der Waals surface area contributed by atoms with E-state index < -0.39 is 0 Å². The molecule has 1 aliphatic heterocycles. The predicted octanol–water partition coefficient (Wildman–Crippen LogP) is 3.09. The molecular formula is C24H33N3O2. The third-order valence-corrected chi connectivity index (χ3v) is 5.56. The molecule has 0 spiro atoms. The van der Waals surface area contributed by atoms with Gasteiger partial charge in [0, 0.05) is 39.3 Å². The van der Waals surface area contributed by atoms with Gasteiger partial charge in [-0.1, -0.05) is 42.5 Å². The summed E-state index contributed by atoms with van der Waals surface area (Å²) in [6.45, 7) is 9.76. The van der Waals surface area contributed by atoms with Gasteiger partial charge >= 0.3 is 0 Å². The SMILES string of the molecule is COc1c(C)cc(CN(C)CC(=O)N2CCN(Cc3ccccc3)CC2)cc1C. The van der Waals surface area contributed by atoms with Crippen LogP contribution in [0.5, 0.6) is 5.75 Å². The molecule has 0 atom stereocenters. The van der Waals surface area contributed by atoms with Gasteiger partial charge in [-0.2, -0.15) is 0 Å². The van der Waals surface area contributed by atoms with Crippen molar-refractivity contribution in [3.05, 3.63) is 64.7 Å². The van der Waals surface area contributed by atoms with Crippen LogP contribution in [0.25, 0.3) is 0 Å². The predicted molar refractivity (Wildman–Crippen MR) is 117 cm³/mol. The molecule has 0 aliphatic carbocycles. The summed E-state index contributed by atoms with van der Waals surface area (Å²) in [5, 5.41) is 0. The third kappa shape index (κ3) is 5.81. The van der Waals surface area contributed by atoms with E-state index in [4.69, 9.17) is 4.74 Å². The van der Waals surface area contributed by atoms with E-state index in [0.717, 1.165) is 56.1 Å². The van der Waals surface area contributed by atoms with E-state index in [0.29, 0.717) is 6.54 Å². The number of benzene rings is 2. The lowest BCUT2D eigenvalue weighted by molar-refractivity contribution is -0.134. The molecule has 0 saturated carbocycles. The molecule has 156 valence electrons. The number of carbonyl (C=O) groups is 1. The van der Waals surface area contributed by atoms with Gasteiger partial charge in [-0.3, -0.25) is 14.6 Å². The van der Waals surface area contributed by atoms with Gasteiger partial charge in [0.1, 0.15) is 5.75 Å². The molecular weight excluding hydrogens is 362 g/mol. The van der Waals surface area contributed by atoms with Crippen molar-refractivity contribution in [2.24, 2.45) is 0 Å². The Morgan fingerprint density at radius 2 is 1.62 bits per heavy atom. The molecule has 2 aromatic rings. The highest BCUT2D eigenvalue weighted by molar-refractivity contribution is 5.78. The fourth-order valence-electron chi connectivity index (χ4n) is 4.15. The number of nitrogens with zero attached hydrogens (tertiary/aromatic N) is 3. The molecule has 0 radical (unpaired) electrons. The molecule has 2 aromatic carbocycles. The van der Waals surface area contributed by atoms with Gasteiger partial charge in [0.05, 0.1) is 13.7 Å². The van der Waals surface area contributed by atoms with Gasteiger partial charge in [-0.05, 0) is 43.1 Å².